The van der Waals surface area contributed by atoms with Crippen molar-refractivity contribution in [3.8, 4) is 34.6 Å². The molecule has 5 heteroatoms. The average Bonchev–Trinajstić information content (AvgIpc) is 3.57. The van der Waals surface area contributed by atoms with E-state index in [1.54, 1.807) is 0 Å². The van der Waals surface area contributed by atoms with Crippen LogP contribution in [-0.4, -0.2) is 14.1 Å². The van der Waals surface area contributed by atoms with E-state index in [0.29, 0.717) is 11.1 Å². The first kappa shape index (κ1) is 23.7. The molecule has 0 atom stereocenters. The Kier molecular flexibility index (Phi) is 5.19. The van der Waals surface area contributed by atoms with Crippen molar-refractivity contribution in [2.24, 2.45) is 0 Å². The molecule has 42 heavy (non-hydrogen) atoms. The molecule has 0 fully saturated rings. The van der Waals surface area contributed by atoms with Gasteiger partial charge in [-0.1, -0.05) is 48.5 Å². The number of hydrogen-bond acceptors (Lipinski definition) is 3. The SMILES string of the molecule is N#Cc1ccc(-c2cc(-n3c4ccccc4c4cc(C#N)ccc43)cc(-n3c4ccccc4c4ccncc43)c2)cc1. The van der Waals surface area contributed by atoms with Gasteiger partial charge < -0.3 is 9.13 Å². The number of para-hydroxylation sites is 2. The van der Waals surface area contributed by atoms with Gasteiger partial charge in [0.2, 0.25) is 0 Å². The Morgan fingerprint density at radius 1 is 0.476 bits per heavy atom. The molecule has 8 aromatic rings. The summed E-state index contributed by atoms with van der Waals surface area (Å²) in [7, 11) is 0. The maximum Gasteiger partial charge on any atom is 0.0991 e. The van der Waals surface area contributed by atoms with Gasteiger partial charge in [-0.2, -0.15) is 10.5 Å². The lowest BCUT2D eigenvalue weighted by Crippen LogP contribution is -2.00. The van der Waals surface area contributed by atoms with Gasteiger partial charge in [-0.15, -0.1) is 0 Å². The van der Waals surface area contributed by atoms with Crippen LogP contribution in [0.15, 0.2) is 128 Å². The van der Waals surface area contributed by atoms with E-state index in [-0.39, 0.29) is 0 Å². The second-order valence-corrected chi connectivity index (χ2v) is 10.4. The molecular weight excluding hydrogens is 514 g/mol. The lowest BCUT2D eigenvalue weighted by atomic mass is 10.0. The van der Waals surface area contributed by atoms with Gasteiger partial charge in [-0.25, -0.2) is 0 Å². The minimum Gasteiger partial charge on any atom is -0.309 e. The third kappa shape index (κ3) is 3.52. The number of pyridine rings is 1. The maximum absolute atomic E-state index is 9.62. The summed E-state index contributed by atoms with van der Waals surface area (Å²) < 4.78 is 4.55. The summed E-state index contributed by atoms with van der Waals surface area (Å²) in [6, 6.07) is 43.5. The van der Waals surface area contributed by atoms with Crippen molar-refractivity contribution in [3.05, 3.63) is 139 Å². The summed E-state index contributed by atoms with van der Waals surface area (Å²) in [5.74, 6) is 0. The van der Waals surface area contributed by atoms with Crippen LogP contribution in [0.25, 0.3) is 66.1 Å². The van der Waals surface area contributed by atoms with Crippen LogP contribution in [0.2, 0.25) is 0 Å². The molecule has 5 nitrogen and oxygen atoms in total. The molecule has 0 N–H and O–H groups in total. The van der Waals surface area contributed by atoms with E-state index in [4.69, 9.17) is 0 Å². The number of aromatic nitrogens is 3. The molecule has 0 spiro atoms. The third-order valence-electron chi connectivity index (χ3n) is 8.04. The van der Waals surface area contributed by atoms with Gasteiger partial charge >= 0.3 is 0 Å². The van der Waals surface area contributed by atoms with Crippen molar-refractivity contribution >= 4 is 43.6 Å². The molecule has 0 unspecified atom stereocenters. The van der Waals surface area contributed by atoms with E-state index in [0.717, 1.165) is 60.7 Å². The first-order valence-electron chi connectivity index (χ1n) is 13.7. The van der Waals surface area contributed by atoms with Gasteiger partial charge in [0.25, 0.3) is 0 Å². The zero-order valence-corrected chi connectivity index (χ0v) is 22.4. The number of rotatable bonds is 3. The lowest BCUT2D eigenvalue weighted by molar-refractivity contribution is 1.13. The summed E-state index contributed by atoms with van der Waals surface area (Å²) in [6.07, 6.45) is 3.76. The fraction of sp³-hybridized carbons (Fsp3) is 0. The molecular formula is C37H21N5. The zero-order chi connectivity index (χ0) is 28.2. The molecule has 5 aromatic carbocycles. The Hall–Kier alpha value is -6.17. The van der Waals surface area contributed by atoms with Crippen LogP contribution in [-0.2, 0) is 0 Å². The van der Waals surface area contributed by atoms with Crippen LogP contribution in [0.3, 0.4) is 0 Å². The van der Waals surface area contributed by atoms with E-state index in [1.807, 2.05) is 67.0 Å². The Bertz CT molecular complexity index is 2380. The Morgan fingerprint density at radius 3 is 1.74 bits per heavy atom. The molecule has 3 heterocycles. The van der Waals surface area contributed by atoms with Crippen LogP contribution in [0.5, 0.6) is 0 Å². The van der Waals surface area contributed by atoms with Gasteiger partial charge in [0.05, 0.1) is 51.5 Å². The molecule has 0 saturated carbocycles. The topological polar surface area (TPSA) is 70.3 Å². The Balaban J connectivity index is 1.49. The highest BCUT2D eigenvalue weighted by Gasteiger charge is 2.17. The van der Waals surface area contributed by atoms with E-state index >= 15 is 0 Å². The summed E-state index contributed by atoms with van der Waals surface area (Å²) in [6.45, 7) is 0. The maximum atomic E-state index is 9.62. The highest BCUT2D eigenvalue weighted by molar-refractivity contribution is 6.10. The number of nitrogens with zero attached hydrogens (tertiary/aromatic N) is 5. The van der Waals surface area contributed by atoms with E-state index < -0.39 is 0 Å². The van der Waals surface area contributed by atoms with Gasteiger partial charge in [0, 0.05) is 39.1 Å². The minimum absolute atomic E-state index is 0.624. The van der Waals surface area contributed by atoms with Crippen molar-refractivity contribution < 1.29 is 0 Å². The van der Waals surface area contributed by atoms with Crippen molar-refractivity contribution in [2.45, 2.75) is 0 Å². The fourth-order valence-corrected chi connectivity index (χ4v) is 6.17. The molecule has 3 aromatic heterocycles. The first-order chi connectivity index (χ1) is 20.7. The van der Waals surface area contributed by atoms with Gasteiger partial charge in [-0.3, -0.25) is 4.98 Å². The molecule has 194 valence electrons. The lowest BCUT2D eigenvalue weighted by Gasteiger charge is -2.16. The normalized spacial score (nSPS) is 11.3. The van der Waals surface area contributed by atoms with Gasteiger partial charge in [0.1, 0.15) is 0 Å². The van der Waals surface area contributed by atoms with Crippen LogP contribution in [0.1, 0.15) is 11.1 Å². The molecule has 0 aliphatic heterocycles. The van der Waals surface area contributed by atoms with E-state index in [1.165, 1.54) is 5.39 Å². The molecule has 0 radical (unpaired) electrons. The summed E-state index contributed by atoms with van der Waals surface area (Å²) in [5, 5.41) is 23.5. The van der Waals surface area contributed by atoms with Crippen LogP contribution in [0, 0.1) is 22.7 Å². The molecule has 8 rings (SSSR count). The first-order valence-corrected chi connectivity index (χ1v) is 13.7. The Morgan fingerprint density at radius 2 is 1.05 bits per heavy atom. The largest absolute Gasteiger partial charge is 0.309 e. The fourth-order valence-electron chi connectivity index (χ4n) is 6.17. The third-order valence-corrected chi connectivity index (χ3v) is 8.04. The smallest absolute Gasteiger partial charge is 0.0991 e. The standard InChI is InChI=1S/C37H21N5/c38-21-24-9-12-26(13-10-24)27-18-28(41-35-8-4-2-6-31(35)33-17-25(22-39)11-14-36(33)41)20-29(19-27)42-34-7-3-1-5-30(34)32-15-16-40-23-37(32)42/h1-20,23H. The predicted molar refractivity (Wildman–Crippen MR) is 168 cm³/mol. The summed E-state index contributed by atoms with van der Waals surface area (Å²) >= 11 is 0. The second-order valence-electron chi connectivity index (χ2n) is 10.4. The van der Waals surface area contributed by atoms with Crippen molar-refractivity contribution in [1.82, 2.24) is 14.1 Å². The van der Waals surface area contributed by atoms with Crippen LogP contribution >= 0.6 is 0 Å². The van der Waals surface area contributed by atoms with Gasteiger partial charge in [0.15, 0.2) is 0 Å². The summed E-state index contributed by atoms with van der Waals surface area (Å²) in [4.78, 5) is 4.48. The molecule has 0 aliphatic carbocycles. The highest BCUT2D eigenvalue weighted by atomic mass is 15.0. The average molecular weight is 536 g/mol. The molecule has 0 amide bonds. The van der Waals surface area contributed by atoms with Crippen molar-refractivity contribution in [1.29, 1.82) is 10.5 Å². The molecule has 0 saturated heterocycles. The molecule has 0 aliphatic rings. The minimum atomic E-state index is 0.624. The zero-order valence-electron chi connectivity index (χ0n) is 22.4. The molecule has 0 bridgehead atoms. The highest BCUT2D eigenvalue weighted by Crippen LogP contribution is 2.37. The Labute approximate surface area is 241 Å². The number of benzene rings is 5. The van der Waals surface area contributed by atoms with Crippen molar-refractivity contribution in [2.75, 3.05) is 0 Å². The number of fused-ring (bicyclic) bond motifs is 6. The van der Waals surface area contributed by atoms with E-state index in [9.17, 15) is 10.5 Å². The van der Waals surface area contributed by atoms with Gasteiger partial charge in [-0.05, 0) is 77.9 Å². The monoisotopic (exact) mass is 535 g/mol. The second kappa shape index (κ2) is 9.20. The quantitative estimate of drug-likeness (QED) is 0.227. The van der Waals surface area contributed by atoms with Crippen LogP contribution in [0.4, 0.5) is 0 Å². The summed E-state index contributed by atoms with van der Waals surface area (Å²) in [5.41, 5.74) is 9.53. The number of nitriles is 2. The van der Waals surface area contributed by atoms with E-state index in [2.05, 4.69) is 86.9 Å². The predicted octanol–water partition coefficient (Wildman–Crippen LogP) is 8.69. The number of hydrogen-bond donors (Lipinski definition) is 0. The van der Waals surface area contributed by atoms with Crippen LogP contribution < -0.4 is 0 Å². The van der Waals surface area contributed by atoms with Crippen molar-refractivity contribution in [3.63, 3.8) is 0 Å².